The number of hydrogen-bond donors (Lipinski definition) is 2. The standard InChI is InChI=1S/C23H30ClN3O3S/c24-21-6-5-7-22(14-21)31(29,30)25-15-18-12-19(16-26-8-1-2-9-26)23(28)20(13-18)17-27-10-3-4-11-27/h5-7,12-14,25,28H,1-4,8-11,15-17H2. The third-order valence-electron chi connectivity index (χ3n) is 6.09. The second kappa shape index (κ2) is 9.88. The number of nitrogens with zero attached hydrogens (tertiary/aromatic N) is 2. The molecule has 2 aromatic carbocycles. The molecule has 4 rings (SSSR count). The number of phenolic OH excluding ortho intramolecular Hbond substituents is 1. The van der Waals surface area contributed by atoms with Gasteiger partial charge in [0.05, 0.1) is 4.90 Å². The Morgan fingerprint density at radius 3 is 1.97 bits per heavy atom. The molecular weight excluding hydrogens is 434 g/mol. The van der Waals surface area contributed by atoms with Gasteiger partial charge in [0, 0.05) is 35.8 Å². The van der Waals surface area contributed by atoms with Gasteiger partial charge < -0.3 is 5.11 Å². The summed E-state index contributed by atoms with van der Waals surface area (Å²) in [6.07, 6.45) is 4.72. The van der Waals surface area contributed by atoms with Gasteiger partial charge in [-0.1, -0.05) is 17.7 Å². The first kappa shape index (κ1) is 22.6. The zero-order valence-corrected chi connectivity index (χ0v) is 19.3. The van der Waals surface area contributed by atoms with Crippen molar-refractivity contribution in [2.24, 2.45) is 0 Å². The fourth-order valence-corrected chi connectivity index (χ4v) is 5.75. The van der Waals surface area contributed by atoms with Gasteiger partial charge in [-0.2, -0.15) is 0 Å². The van der Waals surface area contributed by atoms with Gasteiger partial charge >= 0.3 is 0 Å². The summed E-state index contributed by atoms with van der Waals surface area (Å²) in [7, 11) is -3.68. The van der Waals surface area contributed by atoms with E-state index in [1.165, 1.54) is 37.8 Å². The third kappa shape index (κ3) is 5.79. The highest BCUT2D eigenvalue weighted by molar-refractivity contribution is 7.89. The lowest BCUT2D eigenvalue weighted by atomic mass is 10.0. The number of halogens is 1. The molecule has 0 radical (unpaired) electrons. The minimum atomic E-state index is -3.68. The van der Waals surface area contributed by atoms with Crippen molar-refractivity contribution in [2.45, 2.75) is 50.2 Å². The highest BCUT2D eigenvalue weighted by atomic mass is 35.5. The van der Waals surface area contributed by atoms with Crippen LogP contribution in [-0.2, 0) is 29.7 Å². The maximum atomic E-state index is 12.7. The van der Waals surface area contributed by atoms with Crippen LogP contribution < -0.4 is 4.72 Å². The van der Waals surface area contributed by atoms with Crippen molar-refractivity contribution in [1.82, 2.24) is 14.5 Å². The van der Waals surface area contributed by atoms with E-state index in [1.54, 1.807) is 12.1 Å². The fraction of sp³-hybridized carbons (Fsp3) is 0.478. The van der Waals surface area contributed by atoms with Crippen LogP contribution in [0.3, 0.4) is 0 Å². The van der Waals surface area contributed by atoms with Crippen LogP contribution in [0.15, 0.2) is 41.3 Å². The predicted octanol–water partition coefficient (Wildman–Crippen LogP) is 3.72. The van der Waals surface area contributed by atoms with Crippen molar-refractivity contribution < 1.29 is 13.5 Å². The van der Waals surface area contributed by atoms with Gasteiger partial charge in [0.25, 0.3) is 0 Å². The maximum absolute atomic E-state index is 12.7. The zero-order chi connectivity index (χ0) is 21.8. The van der Waals surface area contributed by atoms with Gasteiger partial charge in [0.15, 0.2) is 0 Å². The molecule has 6 nitrogen and oxygen atoms in total. The molecule has 2 aliphatic heterocycles. The first-order valence-electron chi connectivity index (χ1n) is 10.9. The predicted molar refractivity (Wildman–Crippen MR) is 123 cm³/mol. The topological polar surface area (TPSA) is 72.9 Å². The number of aromatic hydroxyl groups is 1. The summed E-state index contributed by atoms with van der Waals surface area (Å²) in [5.74, 6) is 0.347. The van der Waals surface area contributed by atoms with Crippen LogP contribution in [0.4, 0.5) is 0 Å². The lowest BCUT2D eigenvalue weighted by molar-refractivity contribution is 0.312. The number of likely N-dealkylation sites (tertiary alicyclic amines) is 2. The second-order valence-corrected chi connectivity index (χ2v) is 10.7. The summed E-state index contributed by atoms with van der Waals surface area (Å²) < 4.78 is 28.1. The minimum absolute atomic E-state index is 0.147. The Hall–Kier alpha value is -1.64. The van der Waals surface area contributed by atoms with E-state index >= 15 is 0 Å². The van der Waals surface area contributed by atoms with Gasteiger partial charge in [-0.15, -0.1) is 0 Å². The number of sulfonamides is 1. The molecule has 0 amide bonds. The van der Waals surface area contributed by atoms with Crippen LogP contribution in [-0.4, -0.2) is 49.5 Å². The van der Waals surface area contributed by atoms with Crippen molar-refractivity contribution in [2.75, 3.05) is 26.2 Å². The molecule has 2 aromatic rings. The molecule has 0 bridgehead atoms. The molecule has 0 saturated carbocycles. The van der Waals surface area contributed by atoms with Gasteiger partial charge in [0.2, 0.25) is 10.0 Å². The number of rotatable bonds is 8. The van der Waals surface area contributed by atoms with Crippen LogP contribution in [0.2, 0.25) is 5.02 Å². The lowest BCUT2D eigenvalue weighted by Gasteiger charge is -2.21. The van der Waals surface area contributed by atoms with E-state index in [0.29, 0.717) is 23.9 Å². The van der Waals surface area contributed by atoms with E-state index in [1.807, 2.05) is 12.1 Å². The van der Waals surface area contributed by atoms with Crippen LogP contribution in [0.25, 0.3) is 0 Å². The Bertz CT molecular complexity index is 977. The Kier molecular flexibility index (Phi) is 7.19. The van der Waals surface area contributed by atoms with Gasteiger partial charge in [0.1, 0.15) is 5.75 Å². The van der Waals surface area contributed by atoms with E-state index in [-0.39, 0.29) is 11.4 Å². The quantitative estimate of drug-likeness (QED) is 0.624. The molecule has 0 spiro atoms. The van der Waals surface area contributed by atoms with E-state index in [0.717, 1.165) is 42.9 Å². The van der Waals surface area contributed by atoms with E-state index in [4.69, 9.17) is 11.6 Å². The third-order valence-corrected chi connectivity index (χ3v) is 7.72. The SMILES string of the molecule is O=S(=O)(NCc1cc(CN2CCCC2)c(O)c(CN2CCCC2)c1)c1cccc(Cl)c1. The van der Waals surface area contributed by atoms with Gasteiger partial charge in [-0.25, -0.2) is 13.1 Å². The largest absolute Gasteiger partial charge is 0.507 e. The highest BCUT2D eigenvalue weighted by Crippen LogP contribution is 2.29. The van der Waals surface area contributed by atoms with E-state index in [2.05, 4.69) is 14.5 Å². The van der Waals surface area contributed by atoms with Crippen LogP contribution in [0.5, 0.6) is 5.75 Å². The summed E-state index contributed by atoms with van der Waals surface area (Å²) in [6, 6.07) is 10.1. The Labute approximate surface area is 189 Å². The smallest absolute Gasteiger partial charge is 0.240 e. The molecule has 0 unspecified atom stereocenters. The average molecular weight is 464 g/mol. The van der Waals surface area contributed by atoms with Crippen molar-refractivity contribution in [3.05, 3.63) is 58.1 Å². The molecule has 2 fully saturated rings. The molecule has 0 aliphatic carbocycles. The van der Waals surface area contributed by atoms with Crippen LogP contribution in [0, 0.1) is 0 Å². The molecule has 31 heavy (non-hydrogen) atoms. The number of nitrogens with one attached hydrogen (secondary N) is 1. The zero-order valence-electron chi connectivity index (χ0n) is 17.7. The normalized spacial score (nSPS) is 18.1. The molecule has 2 aliphatic rings. The average Bonchev–Trinajstić information content (AvgIpc) is 3.44. The van der Waals surface area contributed by atoms with Crippen molar-refractivity contribution in [1.29, 1.82) is 0 Å². The molecule has 168 valence electrons. The summed E-state index contributed by atoms with van der Waals surface area (Å²) in [4.78, 5) is 4.83. The minimum Gasteiger partial charge on any atom is -0.507 e. The van der Waals surface area contributed by atoms with Crippen molar-refractivity contribution in [3.8, 4) is 5.75 Å². The Morgan fingerprint density at radius 2 is 1.45 bits per heavy atom. The number of hydrogen-bond acceptors (Lipinski definition) is 5. The summed E-state index contributed by atoms with van der Waals surface area (Å²) in [5.41, 5.74) is 2.60. The van der Waals surface area contributed by atoms with Crippen molar-refractivity contribution >= 4 is 21.6 Å². The first-order chi connectivity index (χ1) is 14.9. The molecule has 2 N–H and O–H groups in total. The molecule has 0 aromatic heterocycles. The van der Waals surface area contributed by atoms with Crippen LogP contribution in [0.1, 0.15) is 42.4 Å². The molecule has 2 heterocycles. The molecule has 0 atom stereocenters. The monoisotopic (exact) mass is 463 g/mol. The lowest BCUT2D eigenvalue weighted by Crippen LogP contribution is -2.24. The molecule has 2 saturated heterocycles. The molecular formula is C23H30ClN3O3S. The highest BCUT2D eigenvalue weighted by Gasteiger charge is 2.20. The number of phenols is 1. The molecule has 8 heteroatoms. The number of benzene rings is 2. The van der Waals surface area contributed by atoms with Crippen molar-refractivity contribution in [3.63, 3.8) is 0 Å². The Balaban J connectivity index is 1.56. The van der Waals surface area contributed by atoms with Gasteiger partial charge in [-0.3, -0.25) is 9.80 Å². The maximum Gasteiger partial charge on any atom is 0.240 e. The van der Waals surface area contributed by atoms with E-state index < -0.39 is 10.0 Å². The fourth-order valence-electron chi connectivity index (χ4n) is 4.43. The summed E-state index contributed by atoms with van der Waals surface area (Å²) >= 11 is 5.96. The van der Waals surface area contributed by atoms with E-state index in [9.17, 15) is 13.5 Å². The summed E-state index contributed by atoms with van der Waals surface area (Å²) in [5, 5.41) is 11.3. The Morgan fingerprint density at radius 1 is 0.903 bits per heavy atom. The van der Waals surface area contributed by atoms with Gasteiger partial charge in [-0.05, 0) is 87.8 Å². The summed E-state index contributed by atoms with van der Waals surface area (Å²) in [6.45, 7) is 5.68. The van der Waals surface area contributed by atoms with Crippen LogP contribution >= 0.6 is 11.6 Å². The first-order valence-corrected chi connectivity index (χ1v) is 12.8. The second-order valence-electron chi connectivity index (χ2n) is 8.51.